The zero-order valence-electron chi connectivity index (χ0n) is 11.0. The molecular formula is C13H25NO2. The zero-order chi connectivity index (χ0) is 12.3. The van der Waals surface area contributed by atoms with Crippen LogP contribution in [0.1, 0.15) is 53.4 Å². The number of rotatable bonds is 4. The molecule has 3 nitrogen and oxygen atoms in total. The van der Waals surface area contributed by atoms with E-state index in [2.05, 4.69) is 25.7 Å². The fraction of sp³-hybridized carbons (Fsp3) is 0.923. The van der Waals surface area contributed by atoms with E-state index in [4.69, 9.17) is 0 Å². The fourth-order valence-electron chi connectivity index (χ4n) is 3.00. The SMILES string of the molecule is CCCC(C)(C(=O)O)N1CCC(C)CC1C. The molecule has 0 amide bonds. The first kappa shape index (κ1) is 13.5. The molecule has 1 heterocycles. The minimum Gasteiger partial charge on any atom is -0.480 e. The Balaban J connectivity index is 2.82. The molecule has 1 saturated heterocycles. The maximum absolute atomic E-state index is 11.5. The molecule has 94 valence electrons. The number of nitrogens with zero attached hydrogens (tertiary/aromatic N) is 1. The van der Waals surface area contributed by atoms with Gasteiger partial charge in [-0.2, -0.15) is 0 Å². The van der Waals surface area contributed by atoms with Gasteiger partial charge in [0.15, 0.2) is 0 Å². The Morgan fingerprint density at radius 1 is 1.50 bits per heavy atom. The average Bonchev–Trinajstić information content (AvgIpc) is 2.17. The van der Waals surface area contributed by atoms with Crippen LogP contribution >= 0.6 is 0 Å². The summed E-state index contributed by atoms with van der Waals surface area (Å²) in [4.78, 5) is 13.7. The molecule has 0 saturated carbocycles. The van der Waals surface area contributed by atoms with Gasteiger partial charge in [-0.15, -0.1) is 0 Å². The van der Waals surface area contributed by atoms with E-state index in [9.17, 15) is 9.90 Å². The molecule has 3 unspecified atom stereocenters. The predicted molar refractivity (Wildman–Crippen MR) is 65.5 cm³/mol. The summed E-state index contributed by atoms with van der Waals surface area (Å²) in [5, 5.41) is 9.46. The Morgan fingerprint density at radius 2 is 2.12 bits per heavy atom. The first-order valence-electron chi connectivity index (χ1n) is 6.42. The quantitative estimate of drug-likeness (QED) is 0.803. The van der Waals surface area contributed by atoms with E-state index in [1.165, 1.54) is 0 Å². The molecule has 0 aromatic carbocycles. The minimum atomic E-state index is -0.672. The normalized spacial score (nSPS) is 31.0. The lowest BCUT2D eigenvalue weighted by atomic mass is 9.85. The van der Waals surface area contributed by atoms with Crippen LogP contribution < -0.4 is 0 Å². The molecule has 0 aromatic rings. The lowest BCUT2D eigenvalue weighted by Crippen LogP contribution is -2.58. The van der Waals surface area contributed by atoms with Crippen LogP contribution in [0.4, 0.5) is 0 Å². The second-order valence-corrected chi connectivity index (χ2v) is 5.50. The zero-order valence-corrected chi connectivity index (χ0v) is 11.0. The molecule has 16 heavy (non-hydrogen) atoms. The summed E-state index contributed by atoms with van der Waals surface area (Å²) in [6.07, 6.45) is 3.89. The Hall–Kier alpha value is -0.570. The summed E-state index contributed by atoms with van der Waals surface area (Å²) in [5.41, 5.74) is -0.672. The van der Waals surface area contributed by atoms with Crippen molar-refractivity contribution >= 4 is 5.97 Å². The van der Waals surface area contributed by atoms with Gasteiger partial charge in [-0.3, -0.25) is 9.69 Å². The van der Waals surface area contributed by atoms with Gasteiger partial charge in [0.2, 0.25) is 0 Å². The van der Waals surface area contributed by atoms with Gasteiger partial charge < -0.3 is 5.11 Å². The number of carboxylic acids is 1. The molecule has 0 aromatic heterocycles. The third-order valence-corrected chi connectivity index (χ3v) is 3.97. The van der Waals surface area contributed by atoms with Gasteiger partial charge in [-0.25, -0.2) is 0 Å². The second kappa shape index (κ2) is 5.17. The van der Waals surface area contributed by atoms with E-state index in [1.54, 1.807) is 0 Å². The Bertz CT molecular complexity index is 254. The maximum Gasteiger partial charge on any atom is 0.323 e. The Labute approximate surface area is 98.8 Å². The number of carbonyl (C=O) groups is 1. The van der Waals surface area contributed by atoms with Gasteiger partial charge in [0.1, 0.15) is 5.54 Å². The maximum atomic E-state index is 11.5. The highest BCUT2D eigenvalue weighted by Gasteiger charge is 2.42. The first-order chi connectivity index (χ1) is 7.41. The van der Waals surface area contributed by atoms with Crippen LogP contribution in [0.2, 0.25) is 0 Å². The summed E-state index contributed by atoms with van der Waals surface area (Å²) in [7, 11) is 0. The molecule has 1 aliphatic rings. The van der Waals surface area contributed by atoms with Gasteiger partial charge in [0.25, 0.3) is 0 Å². The number of piperidine rings is 1. The predicted octanol–water partition coefficient (Wildman–Crippen LogP) is 2.75. The molecule has 1 fully saturated rings. The fourth-order valence-corrected chi connectivity index (χ4v) is 3.00. The molecule has 0 aliphatic carbocycles. The smallest absolute Gasteiger partial charge is 0.323 e. The summed E-state index contributed by atoms with van der Waals surface area (Å²) in [6.45, 7) is 9.27. The molecule has 1 N–H and O–H groups in total. The van der Waals surface area contributed by atoms with E-state index < -0.39 is 11.5 Å². The van der Waals surface area contributed by atoms with Crippen LogP contribution in [0.5, 0.6) is 0 Å². The van der Waals surface area contributed by atoms with Crippen LogP contribution in [0.25, 0.3) is 0 Å². The van der Waals surface area contributed by atoms with Crippen molar-refractivity contribution in [1.29, 1.82) is 0 Å². The summed E-state index contributed by atoms with van der Waals surface area (Å²) in [5.74, 6) is 0.0571. The number of hydrogen-bond donors (Lipinski definition) is 1. The third-order valence-electron chi connectivity index (χ3n) is 3.97. The number of aliphatic carboxylic acids is 1. The van der Waals surface area contributed by atoms with E-state index >= 15 is 0 Å². The van der Waals surface area contributed by atoms with E-state index in [1.807, 2.05) is 6.92 Å². The molecular weight excluding hydrogens is 202 g/mol. The van der Waals surface area contributed by atoms with Gasteiger partial charge in [0, 0.05) is 6.04 Å². The molecule has 0 radical (unpaired) electrons. The largest absolute Gasteiger partial charge is 0.480 e. The van der Waals surface area contributed by atoms with Crippen molar-refractivity contribution in [2.75, 3.05) is 6.54 Å². The van der Waals surface area contributed by atoms with E-state index in [0.717, 1.165) is 38.1 Å². The minimum absolute atomic E-state index is 0.386. The van der Waals surface area contributed by atoms with Gasteiger partial charge >= 0.3 is 5.97 Å². The van der Waals surface area contributed by atoms with Crippen molar-refractivity contribution < 1.29 is 9.90 Å². The number of likely N-dealkylation sites (tertiary alicyclic amines) is 1. The van der Waals surface area contributed by atoms with Gasteiger partial charge in [-0.1, -0.05) is 20.3 Å². The van der Waals surface area contributed by atoms with Crippen LogP contribution in [0, 0.1) is 5.92 Å². The van der Waals surface area contributed by atoms with Crippen LogP contribution in [0.3, 0.4) is 0 Å². The highest BCUT2D eigenvalue weighted by Crippen LogP contribution is 2.31. The van der Waals surface area contributed by atoms with Crippen LogP contribution in [0.15, 0.2) is 0 Å². The van der Waals surface area contributed by atoms with Crippen LogP contribution in [-0.4, -0.2) is 34.1 Å². The Kier molecular flexibility index (Phi) is 4.36. The van der Waals surface area contributed by atoms with Gasteiger partial charge in [-0.05, 0) is 45.6 Å². The van der Waals surface area contributed by atoms with Crippen molar-refractivity contribution in [2.24, 2.45) is 5.92 Å². The van der Waals surface area contributed by atoms with Crippen molar-refractivity contribution in [3.05, 3.63) is 0 Å². The standard InChI is InChI=1S/C13H25NO2/c1-5-7-13(4,12(15)16)14-8-6-10(2)9-11(14)3/h10-11H,5-9H2,1-4H3,(H,15,16). The second-order valence-electron chi connectivity index (χ2n) is 5.50. The summed E-state index contributed by atoms with van der Waals surface area (Å²) in [6, 6.07) is 0.386. The summed E-state index contributed by atoms with van der Waals surface area (Å²) < 4.78 is 0. The molecule has 3 heteroatoms. The third kappa shape index (κ3) is 2.57. The lowest BCUT2D eigenvalue weighted by Gasteiger charge is -2.46. The van der Waals surface area contributed by atoms with Crippen molar-refractivity contribution in [1.82, 2.24) is 4.90 Å². The number of hydrogen-bond acceptors (Lipinski definition) is 2. The van der Waals surface area contributed by atoms with E-state index in [-0.39, 0.29) is 0 Å². The van der Waals surface area contributed by atoms with Crippen molar-refractivity contribution in [3.8, 4) is 0 Å². The lowest BCUT2D eigenvalue weighted by molar-refractivity contribution is -0.154. The molecule has 0 spiro atoms. The summed E-state index contributed by atoms with van der Waals surface area (Å²) >= 11 is 0. The van der Waals surface area contributed by atoms with Gasteiger partial charge in [0.05, 0.1) is 0 Å². The monoisotopic (exact) mass is 227 g/mol. The average molecular weight is 227 g/mol. The number of carboxylic acid groups (broad SMARTS) is 1. The first-order valence-corrected chi connectivity index (χ1v) is 6.42. The Morgan fingerprint density at radius 3 is 2.56 bits per heavy atom. The highest BCUT2D eigenvalue weighted by molar-refractivity contribution is 5.78. The molecule has 1 aliphatic heterocycles. The molecule has 1 rings (SSSR count). The molecule has 3 atom stereocenters. The van der Waals surface area contributed by atoms with Crippen LogP contribution in [-0.2, 0) is 4.79 Å². The van der Waals surface area contributed by atoms with E-state index in [0.29, 0.717) is 6.04 Å². The van der Waals surface area contributed by atoms with Crippen molar-refractivity contribution in [2.45, 2.75) is 65.0 Å². The van der Waals surface area contributed by atoms with Crippen molar-refractivity contribution in [3.63, 3.8) is 0 Å². The molecule has 0 bridgehead atoms. The highest BCUT2D eigenvalue weighted by atomic mass is 16.4. The topological polar surface area (TPSA) is 40.5 Å².